The van der Waals surface area contributed by atoms with Crippen molar-refractivity contribution < 1.29 is 14.6 Å². The Morgan fingerprint density at radius 1 is 1.11 bits per heavy atom. The van der Waals surface area contributed by atoms with Gasteiger partial charge in [0.2, 0.25) is 0 Å². The monoisotopic (exact) mass is 242 g/mol. The maximum atomic E-state index is 11.1. The van der Waals surface area contributed by atoms with Crippen LogP contribution in [0.5, 0.6) is 5.75 Å². The second-order valence-corrected chi connectivity index (χ2v) is 3.99. The van der Waals surface area contributed by atoms with Crippen LogP contribution in [-0.4, -0.2) is 18.2 Å². The van der Waals surface area contributed by atoms with Gasteiger partial charge >= 0.3 is 5.97 Å². The molecule has 0 spiro atoms. The highest BCUT2D eigenvalue weighted by atomic mass is 16.5. The molecule has 0 bridgehead atoms. The quantitative estimate of drug-likeness (QED) is 0.897. The van der Waals surface area contributed by atoms with Gasteiger partial charge in [0.15, 0.2) is 0 Å². The minimum atomic E-state index is -0.977. The van der Waals surface area contributed by atoms with Crippen molar-refractivity contribution in [3.05, 3.63) is 53.6 Å². The Hall–Kier alpha value is -2.29. The van der Waals surface area contributed by atoms with E-state index < -0.39 is 5.97 Å². The molecule has 0 heterocycles. The lowest BCUT2D eigenvalue weighted by Gasteiger charge is -2.13. The van der Waals surface area contributed by atoms with Crippen LogP contribution < -0.4 is 4.74 Å². The normalized spacial score (nSPS) is 10.1. The van der Waals surface area contributed by atoms with Crippen LogP contribution in [0.3, 0.4) is 0 Å². The fourth-order valence-corrected chi connectivity index (χ4v) is 2.05. The van der Waals surface area contributed by atoms with E-state index in [1.165, 1.54) is 7.11 Å². The number of ether oxygens (including phenoxy) is 1. The lowest BCUT2D eigenvalue weighted by atomic mass is 9.97. The minimum absolute atomic E-state index is 0.190. The number of rotatable bonds is 3. The second kappa shape index (κ2) is 4.92. The van der Waals surface area contributed by atoms with Crippen molar-refractivity contribution >= 4 is 5.97 Å². The molecule has 0 unspecified atom stereocenters. The Kier molecular flexibility index (Phi) is 3.33. The molecule has 0 fully saturated rings. The summed E-state index contributed by atoms with van der Waals surface area (Å²) in [6.07, 6.45) is 0. The van der Waals surface area contributed by atoms with Gasteiger partial charge in [0.1, 0.15) is 11.3 Å². The summed E-state index contributed by atoms with van der Waals surface area (Å²) in [5, 5.41) is 9.10. The van der Waals surface area contributed by atoms with Crippen LogP contribution in [-0.2, 0) is 0 Å². The van der Waals surface area contributed by atoms with E-state index in [1.54, 1.807) is 6.07 Å². The van der Waals surface area contributed by atoms with Crippen LogP contribution in [0.2, 0.25) is 0 Å². The SMILES string of the molecule is COc1c(C(=O)O)ccc(-c2ccccc2)c1C. The lowest BCUT2D eigenvalue weighted by molar-refractivity contribution is 0.0693. The van der Waals surface area contributed by atoms with Crippen molar-refractivity contribution in [1.29, 1.82) is 0 Å². The number of benzene rings is 2. The first-order valence-electron chi connectivity index (χ1n) is 5.61. The van der Waals surface area contributed by atoms with Crippen molar-refractivity contribution in [2.45, 2.75) is 6.92 Å². The maximum Gasteiger partial charge on any atom is 0.339 e. The van der Waals surface area contributed by atoms with Gasteiger partial charge in [0.25, 0.3) is 0 Å². The van der Waals surface area contributed by atoms with E-state index in [9.17, 15) is 4.79 Å². The molecule has 3 heteroatoms. The lowest BCUT2D eigenvalue weighted by Crippen LogP contribution is -2.03. The van der Waals surface area contributed by atoms with Crippen LogP contribution in [0, 0.1) is 6.92 Å². The summed E-state index contributed by atoms with van der Waals surface area (Å²) in [4.78, 5) is 11.1. The van der Waals surface area contributed by atoms with Crippen LogP contribution in [0.4, 0.5) is 0 Å². The van der Waals surface area contributed by atoms with Crippen LogP contribution in [0.25, 0.3) is 11.1 Å². The molecule has 0 amide bonds. The van der Waals surface area contributed by atoms with Crippen molar-refractivity contribution in [3.8, 4) is 16.9 Å². The molecule has 0 saturated heterocycles. The molecule has 3 nitrogen and oxygen atoms in total. The van der Waals surface area contributed by atoms with Gasteiger partial charge in [-0.05, 0) is 29.7 Å². The minimum Gasteiger partial charge on any atom is -0.496 e. The van der Waals surface area contributed by atoms with Crippen molar-refractivity contribution in [2.75, 3.05) is 7.11 Å². The summed E-state index contributed by atoms with van der Waals surface area (Å²) in [5.74, 6) is -0.557. The Labute approximate surface area is 106 Å². The number of carboxylic acid groups (broad SMARTS) is 1. The van der Waals surface area contributed by atoms with Crippen molar-refractivity contribution in [1.82, 2.24) is 0 Å². The predicted molar refractivity (Wildman–Crippen MR) is 70.1 cm³/mol. The number of methoxy groups -OCH3 is 1. The molecule has 2 rings (SSSR count). The molecule has 0 aliphatic heterocycles. The third kappa shape index (κ3) is 2.07. The van der Waals surface area contributed by atoms with E-state index in [0.717, 1.165) is 16.7 Å². The summed E-state index contributed by atoms with van der Waals surface area (Å²) in [6.45, 7) is 1.87. The maximum absolute atomic E-state index is 11.1. The van der Waals surface area contributed by atoms with Gasteiger partial charge in [0.05, 0.1) is 7.11 Å². The third-order valence-electron chi connectivity index (χ3n) is 2.93. The Morgan fingerprint density at radius 3 is 2.33 bits per heavy atom. The smallest absolute Gasteiger partial charge is 0.339 e. The molecule has 0 atom stereocenters. The number of aromatic carboxylic acids is 1. The molecule has 18 heavy (non-hydrogen) atoms. The molecule has 0 radical (unpaired) electrons. The molecule has 0 aromatic heterocycles. The summed E-state index contributed by atoms with van der Waals surface area (Å²) in [7, 11) is 1.49. The molecule has 0 aliphatic rings. The molecular weight excluding hydrogens is 228 g/mol. The van der Waals surface area contributed by atoms with Crippen LogP contribution in [0.1, 0.15) is 15.9 Å². The van der Waals surface area contributed by atoms with Crippen molar-refractivity contribution in [3.63, 3.8) is 0 Å². The fourth-order valence-electron chi connectivity index (χ4n) is 2.05. The highest BCUT2D eigenvalue weighted by Crippen LogP contribution is 2.32. The molecular formula is C15H14O3. The van der Waals surface area contributed by atoms with E-state index in [4.69, 9.17) is 9.84 Å². The molecule has 1 N–H and O–H groups in total. The first-order valence-corrected chi connectivity index (χ1v) is 5.61. The number of hydrogen-bond acceptors (Lipinski definition) is 2. The Balaban J connectivity index is 2.62. The third-order valence-corrected chi connectivity index (χ3v) is 2.93. The first kappa shape index (κ1) is 12.2. The largest absolute Gasteiger partial charge is 0.496 e. The zero-order chi connectivity index (χ0) is 13.1. The standard InChI is InChI=1S/C15H14O3/c1-10-12(11-6-4-3-5-7-11)8-9-13(15(16)17)14(10)18-2/h3-9H,1-2H3,(H,16,17). The zero-order valence-corrected chi connectivity index (χ0v) is 10.3. The van der Waals surface area contributed by atoms with Gasteiger partial charge < -0.3 is 9.84 Å². The van der Waals surface area contributed by atoms with E-state index >= 15 is 0 Å². The van der Waals surface area contributed by atoms with Crippen molar-refractivity contribution in [2.24, 2.45) is 0 Å². The van der Waals surface area contributed by atoms with Crippen LogP contribution in [0.15, 0.2) is 42.5 Å². The molecule has 2 aromatic carbocycles. The number of hydrogen-bond donors (Lipinski definition) is 1. The average Bonchev–Trinajstić information content (AvgIpc) is 2.39. The first-order chi connectivity index (χ1) is 8.65. The average molecular weight is 242 g/mol. The summed E-state index contributed by atoms with van der Waals surface area (Å²) >= 11 is 0. The second-order valence-electron chi connectivity index (χ2n) is 3.99. The van der Waals surface area contributed by atoms with Gasteiger partial charge in [-0.1, -0.05) is 36.4 Å². The van der Waals surface area contributed by atoms with Gasteiger partial charge in [0, 0.05) is 0 Å². The summed E-state index contributed by atoms with van der Waals surface area (Å²) < 4.78 is 5.22. The highest BCUT2D eigenvalue weighted by molar-refractivity contribution is 5.93. The molecule has 92 valence electrons. The molecule has 0 aliphatic carbocycles. The van der Waals surface area contributed by atoms with E-state index in [-0.39, 0.29) is 5.56 Å². The number of carbonyl (C=O) groups is 1. The molecule has 2 aromatic rings. The van der Waals surface area contributed by atoms with E-state index in [1.807, 2.05) is 43.3 Å². The van der Waals surface area contributed by atoms with Gasteiger partial charge in [-0.15, -0.1) is 0 Å². The van der Waals surface area contributed by atoms with E-state index in [2.05, 4.69) is 0 Å². The van der Waals surface area contributed by atoms with Gasteiger partial charge in [-0.2, -0.15) is 0 Å². The van der Waals surface area contributed by atoms with E-state index in [0.29, 0.717) is 5.75 Å². The Bertz CT molecular complexity index is 574. The summed E-state index contributed by atoms with van der Waals surface area (Å²) in [5.41, 5.74) is 3.06. The molecule has 0 saturated carbocycles. The number of carboxylic acids is 1. The zero-order valence-electron chi connectivity index (χ0n) is 10.3. The van der Waals surface area contributed by atoms with Crippen LogP contribution >= 0.6 is 0 Å². The summed E-state index contributed by atoms with van der Waals surface area (Å²) in [6, 6.07) is 13.2. The topological polar surface area (TPSA) is 46.5 Å². The Morgan fingerprint density at radius 2 is 1.78 bits per heavy atom. The fraction of sp³-hybridized carbons (Fsp3) is 0.133. The predicted octanol–water partition coefficient (Wildman–Crippen LogP) is 3.37. The van der Waals surface area contributed by atoms with Gasteiger partial charge in [-0.25, -0.2) is 4.79 Å². The van der Waals surface area contributed by atoms with Gasteiger partial charge in [-0.3, -0.25) is 0 Å². The highest BCUT2D eigenvalue weighted by Gasteiger charge is 2.16.